The first-order valence-corrected chi connectivity index (χ1v) is 6.05. The summed E-state index contributed by atoms with van der Waals surface area (Å²) in [6.45, 7) is 3.38. The molecule has 1 heteroatoms. The molecule has 0 aromatic carbocycles. The highest BCUT2D eigenvalue weighted by Crippen LogP contribution is 2.02. The van der Waals surface area contributed by atoms with Gasteiger partial charge in [-0.25, -0.2) is 0 Å². The lowest BCUT2D eigenvalue weighted by Crippen LogP contribution is -2.14. The van der Waals surface area contributed by atoms with Crippen LogP contribution < -0.4 is 0 Å². The summed E-state index contributed by atoms with van der Waals surface area (Å²) in [7, 11) is 0. The van der Waals surface area contributed by atoms with Crippen LogP contribution in [0.15, 0.2) is 24.3 Å². The summed E-state index contributed by atoms with van der Waals surface area (Å²) in [6, 6.07) is 0. The van der Waals surface area contributed by atoms with Crippen molar-refractivity contribution in [2.75, 3.05) is 0 Å². The largest absolute Gasteiger partial charge is 0.378 e. The lowest BCUT2D eigenvalue weighted by Gasteiger charge is -2.05. The SMILES string of the molecule is C#C/C=C\CCCC/C=C\CC#CC(C)(C)O. The third-order valence-electron chi connectivity index (χ3n) is 1.99. The standard InChI is InChI=1S/C16H22O/c1-4-5-6-7-8-9-10-11-12-13-14-15-16(2,3)17/h1,5-6,11-12,17H,7-10,13H2,2-3H3/b6-5-,12-11-. The van der Waals surface area contributed by atoms with Crippen molar-refractivity contribution in [3.8, 4) is 24.2 Å². The van der Waals surface area contributed by atoms with Crippen LogP contribution in [0.2, 0.25) is 0 Å². The number of terminal acetylenes is 1. The summed E-state index contributed by atoms with van der Waals surface area (Å²) in [5, 5.41) is 9.34. The average molecular weight is 230 g/mol. The van der Waals surface area contributed by atoms with Gasteiger partial charge in [-0.1, -0.05) is 36.0 Å². The van der Waals surface area contributed by atoms with Crippen LogP contribution in [0.4, 0.5) is 0 Å². The zero-order valence-electron chi connectivity index (χ0n) is 10.9. The molecule has 1 nitrogen and oxygen atoms in total. The van der Waals surface area contributed by atoms with Crippen LogP contribution in [0.1, 0.15) is 46.0 Å². The van der Waals surface area contributed by atoms with Crippen LogP contribution in [0.25, 0.3) is 0 Å². The normalized spacial score (nSPS) is 11.4. The van der Waals surface area contributed by atoms with E-state index in [1.807, 2.05) is 6.08 Å². The number of allylic oxidation sites excluding steroid dienone is 4. The van der Waals surface area contributed by atoms with Crippen LogP contribution >= 0.6 is 0 Å². The molecule has 0 radical (unpaired) electrons. The maximum atomic E-state index is 9.34. The maximum Gasteiger partial charge on any atom is 0.119 e. The molecule has 0 unspecified atom stereocenters. The number of rotatable bonds is 6. The van der Waals surface area contributed by atoms with Crippen molar-refractivity contribution in [1.29, 1.82) is 0 Å². The Hall–Kier alpha value is -1.44. The summed E-state index contributed by atoms with van der Waals surface area (Å²) < 4.78 is 0. The van der Waals surface area contributed by atoms with Gasteiger partial charge >= 0.3 is 0 Å². The van der Waals surface area contributed by atoms with Crippen molar-refractivity contribution >= 4 is 0 Å². The van der Waals surface area contributed by atoms with E-state index in [4.69, 9.17) is 6.42 Å². The predicted octanol–water partition coefficient (Wildman–Crippen LogP) is 3.46. The molecule has 0 aromatic rings. The lowest BCUT2D eigenvalue weighted by molar-refractivity contribution is 0.143. The van der Waals surface area contributed by atoms with Gasteiger partial charge in [0.05, 0.1) is 0 Å². The van der Waals surface area contributed by atoms with E-state index in [1.54, 1.807) is 19.9 Å². The first kappa shape index (κ1) is 15.6. The molecule has 0 amide bonds. The van der Waals surface area contributed by atoms with Crippen molar-refractivity contribution in [3.63, 3.8) is 0 Å². The fourth-order valence-electron chi connectivity index (χ4n) is 1.20. The van der Waals surface area contributed by atoms with Crippen LogP contribution in [-0.4, -0.2) is 10.7 Å². The van der Waals surface area contributed by atoms with E-state index in [1.165, 1.54) is 6.42 Å². The van der Waals surface area contributed by atoms with Crippen LogP contribution in [-0.2, 0) is 0 Å². The Morgan fingerprint density at radius 1 is 1.12 bits per heavy atom. The van der Waals surface area contributed by atoms with Crippen molar-refractivity contribution in [3.05, 3.63) is 24.3 Å². The summed E-state index contributed by atoms with van der Waals surface area (Å²) in [6.07, 6.45) is 18.2. The third kappa shape index (κ3) is 14.6. The molecule has 0 rings (SSSR count). The molecular weight excluding hydrogens is 208 g/mol. The molecule has 0 aliphatic heterocycles. The zero-order valence-corrected chi connectivity index (χ0v) is 10.9. The highest BCUT2D eigenvalue weighted by atomic mass is 16.3. The summed E-state index contributed by atoms with van der Waals surface area (Å²) in [5.74, 6) is 8.17. The third-order valence-corrected chi connectivity index (χ3v) is 1.99. The molecule has 0 fully saturated rings. The minimum atomic E-state index is -0.878. The van der Waals surface area contributed by atoms with Crippen LogP contribution in [0.5, 0.6) is 0 Å². The van der Waals surface area contributed by atoms with Gasteiger partial charge < -0.3 is 5.11 Å². The summed E-state index contributed by atoms with van der Waals surface area (Å²) in [4.78, 5) is 0. The van der Waals surface area contributed by atoms with Crippen molar-refractivity contribution in [2.45, 2.75) is 51.6 Å². The van der Waals surface area contributed by atoms with E-state index < -0.39 is 5.60 Å². The van der Waals surface area contributed by atoms with Crippen LogP contribution in [0, 0.1) is 24.2 Å². The Bertz CT molecular complexity index is 336. The van der Waals surface area contributed by atoms with Gasteiger partial charge in [-0.2, -0.15) is 0 Å². The van der Waals surface area contributed by atoms with Gasteiger partial charge in [-0.15, -0.1) is 6.42 Å². The zero-order chi connectivity index (χ0) is 13.0. The molecule has 0 heterocycles. The van der Waals surface area contributed by atoms with Gasteiger partial charge in [0.1, 0.15) is 5.60 Å². The smallest absolute Gasteiger partial charge is 0.119 e. The average Bonchev–Trinajstić information content (AvgIpc) is 2.24. The molecule has 0 atom stereocenters. The Labute approximate surface area is 106 Å². The molecule has 0 saturated heterocycles. The Balaban J connectivity index is 3.46. The highest BCUT2D eigenvalue weighted by Gasteiger charge is 2.04. The molecular formula is C16H22O. The first-order valence-electron chi connectivity index (χ1n) is 6.05. The van der Waals surface area contributed by atoms with Gasteiger partial charge in [0.2, 0.25) is 0 Å². The molecule has 0 saturated carbocycles. The Kier molecular flexibility index (Phi) is 8.94. The molecule has 0 bridgehead atoms. The number of aliphatic hydroxyl groups is 1. The second-order valence-corrected chi connectivity index (χ2v) is 4.39. The second-order valence-electron chi connectivity index (χ2n) is 4.39. The molecule has 0 aliphatic carbocycles. The topological polar surface area (TPSA) is 20.2 Å². The summed E-state index contributed by atoms with van der Waals surface area (Å²) in [5.41, 5.74) is -0.878. The van der Waals surface area contributed by atoms with Crippen molar-refractivity contribution < 1.29 is 5.11 Å². The summed E-state index contributed by atoms with van der Waals surface area (Å²) >= 11 is 0. The number of hydrogen-bond donors (Lipinski definition) is 1. The predicted molar refractivity (Wildman–Crippen MR) is 74.3 cm³/mol. The first-order chi connectivity index (χ1) is 8.06. The molecule has 17 heavy (non-hydrogen) atoms. The molecule has 0 spiro atoms. The fraction of sp³-hybridized carbons (Fsp3) is 0.500. The molecule has 1 N–H and O–H groups in total. The quantitative estimate of drug-likeness (QED) is 0.421. The van der Waals surface area contributed by atoms with E-state index in [9.17, 15) is 5.11 Å². The number of hydrogen-bond acceptors (Lipinski definition) is 1. The van der Waals surface area contributed by atoms with Gasteiger partial charge in [0.25, 0.3) is 0 Å². The minimum Gasteiger partial charge on any atom is -0.378 e. The number of unbranched alkanes of at least 4 members (excludes halogenated alkanes) is 3. The molecule has 0 aromatic heterocycles. The second kappa shape index (κ2) is 9.76. The van der Waals surface area contributed by atoms with Gasteiger partial charge in [-0.05, 0) is 45.6 Å². The minimum absolute atomic E-state index is 0.709. The van der Waals surface area contributed by atoms with Crippen LogP contribution in [0.3, 0.4) is 0 Å². The van der Waals surface area contributed by atoms with E-state index in [0.29, 0.717) is 6.42 Å². The van der Waals surface area contributed by atoms with E-state index >= 15 is 0 Å². The molecule has 0 aliphatic rings. The fourth-order valence-corrected chi connectivity index (χ4v) is 1.20. The highest BCUT2D eigenvalue weighted by molar-refractivity contribution is 5.12. The monoisotopic (exact) mass is 230 g/mol. The van der Waals surface area contributed by atoms with E-state index in [2.05, 4.69) is 29.9 Å². The van der Waals surface area contributed by atoms with Crippen molar-refractivity contribution in [1.82, 2.24) is 0 Å². The molecule has 92 valence electrons. The van der Waals surface area contributed by atoms with Gasteiger partial charge in [0.15, 0.2) is 0 Å². The van der Waals surface area contributed by atoms with Gasteiger partial charge in [-0.3, -0.25) is 0 Å². The van der Waals surface area contributed by atoms with E-state index in [0.717, 1.165) is 19.3 Å². The van der Waals surface area contributed by atoms with E-state index in [-0.39, 0.29) is 0 Å². The Morgan fingerprint density at radius 3 is 2.35 bits per heavy atom. The lowest BCUT2D eigenvalue weighted by atomic mass is 10.1. The Morgan fingerprint density at radius 2 is 1.76 bits per heavy atom. The van der Waals surface area contributed by atoms with Gasteiger partial charge in [0, 0.05) is 6.42 Å². The maximum absolute atomic E-state index is 9.34. The van der Waals surface area contributed by atoms with Crippen molar-refractivity contribution in [2.24, 2.45) is 0 Å².